The summed E-state index contributed by atoms with van der Waals surface area (Å²) in [6.07, 6.45) is 1.64. The van der Waals surface area contributed by atoms with Crippen LogP contribution in [-0.2, 0) is 0 Å². The molecular formula is C3H9ClPbSn. The van der Waals surface area contributed by atoms with Crippen LogP contribution in [0.15, 0.2) is 12.7 Å². The Morgan fingerprint density at radius 3 is 1.83 bits per heavy atom. The Kier molecular flexibility index (Phi) is 41.4. The fraction of sp³-hybridized carbons (Fsp3) is 0.333. The molecule has 0 saturated heterocycles. The van der Waals surface area contributed by atoms with Crippen LogP contribution in [-0.4, -0.2) is 57.1 Å². The maximum atomic E-state index is 5.07. The first-order valence-corrected chi connectivity index (χ1v) is 1.62. The predicted molar refractivity (Wildman–Crippen MR) is 38.0 cm³/mol. The molecule has 0 unspecified atom stereocenters. The van der Waals surface area contributed by atoms with Crippen molar-refractivity contribution in [1.29, 1.82) is 0 Å². The van der Waals surface area contributed by atoms with E-state index in [0.717, 1.165) is 0 Å². The molecule has 0 aliphatic rings. The summed E-state index contributed by atoms with van der Waals surface area (Å²) >= 11 is 5.07. The van der Waals surface area contributed by atoms with Crippen LogP contribution in [0.5, 0.6) is 0 Å². The monoisotopic (exact) mass is 408 g/mol. The quantitative estimate of drug-likeness (QED) is 0.315. The van der Waals surface area contributed by atoms with Crippen LogP contribution in [0.1, 0.15) is 0 Å². The molecule has 0 rings (SSSR count). The summed E-state index contributed by atoms with van der Waals surface area (Å²) in [4.78, 5) is 0. The minimum atomic E-state index is 0. The van der Waals surface area contributed by atoms with Gasteiger partial charge >= 0.3 is 51.2 Å². The van der Waals surface area contributed by atoms with Gasteiger partial charge < -0.3 is 0 Å². The van der Waals surface area contributed by atoms with Gasteiger partial charge in [0.15, 0.2) is 0 Å². The van der Waals surface area contributed by atoms with Crippen molar-refractivity contribution in [3.05, 3.63) is 12.7 Å². The Morgan fingerprint density at radius 1 is 1.67 bits per heavy atom. The first kappa shape index (κ1) is 15.7. The second kappa shape index (κ2) is 15.9. The summed E-state index contributed by atoms with van der Waals surface area (Å²) in [5.41, 5.74) is 0. The summed E-state index contributed by atoms with van der Waals surface area (Å²) in [6, 6.07) is 0. The van der Waals surface area contributed by atoms with Crippen molar-refractivity contribution < 1.29 is 0 Å². The number of rotatable bonds is 1. The zero-order chi connectivity index (χ0) is 3.41. The summed E-state index contributed by atoms with van der Waals surface area (Å²) in [5, 5.41) is 0. The summed E-state index contributed by atoms with van der Waals surface area (Å²) in [7, 11) is 0. The fourth-order valence-corrected chi connectivity index (χ4v) is 0. The van der Waals surface area contributed by atoms with Crippen LogP contribution in [0, 0.1) is 0 Å². The summed E-state index contributed by atoms with van der Waals surface area (Å²) < 4.78 is 0. The van der Waals surface area contributed by atoms with Crippen molar-refractivity contribution in [2.45, 2.75) is 0 Å². The molecule has 0 aromatic carbocycles. The SMILES string of the molecule is C=CCCl.[PbH2].[SnH2]. The Balaban J connectivity index is -0.0000000450. The van der Waals surface area contributed by atoms with E-state index in [9.17, 15) is 0 Å². The Hall–Kier alpha value is 1.75. The van der Waals surface area contributed by atoms with Gasteiger partial charge in [-0.05, 0) is 0 Å². The van der Waals surface area contributed by atoms with E-state index in [1.165, 1.54) is 0 Å². The van der Waals surface area contributed by atoms with Gasteiger partial charge in [-0.3, -0.25) is 0 Å². The molecule has 0 fully saturated rings. The van der Waals surface area contributed by atoms with E-state index >= 15 is 0 Å². The fourth-order valence-electron chi connectivity index (χ4n) is 0. The number of halogens is 1. The van der Waals surface area contributed by atoms with Gasteiger partial charge in [0.25, 0.3) is 0 Å². The standard InChI is InChI=1S/C3H5Cl.Pb.Sn.4H/c1-2-3-4;;;;;;/h2H,1,3H2;;;;;;. The third kappa shape index (κ3) is 17.2. The van der Waals surface area contributed by atoms with E-state index in [1.807, 2.05) is 0 Å². The molecule has 0 heterocycles. The molecule has 0 bridgehead atoms. The average Bonchev–Trinajstić information content (AvgIpc) is 1.37. The van der Waals surface area contributed by atoms with Crippen molar-refractivity contribution in [2.75, 3.05) is 5.88 Å². The Labute approximate surface area is 80.4 Å². The molecule has 0 atom stereocenters. The third-order valence-electron chi connectivity index (χ3n) is 0.109. The molecule has 0 aromatic heterocycles. The van der Waals surface area contributed by atoms with Crippen LogP contribution < -0.4 is 0 Å². The molecule has 4 radical (unpaired) electrons. The van der Waals surface area contributed by atoms with Gasteiger partial charge in [0, 0.05) is 5.88 Å². The first-order chi connectivity index (χ1) is 1.91. The molecule has 3 heteroatoms. The van der Waals surface area contributed by atoms with E-state index in [0.29, 0.717) is 5.88 Å². The second-order valence-corrected chi connectivity index (χ2v) is 0.752. The van der Waals surface area contributed by atoms with E-state index < -0.39 is 0 Å². The van der Waals surface area contributed by atoms with Crippen molar-refractivity contribution >= 4 is 62.8 Å². The van der Waals surface area contributed by atoms with Gasteiger partial charge in [0.05, 0.1) is 0 Å². The van der Waals surface area contributed by atoms with Crippen LogP contribution in [0.25, 0.3) is 0 Å². The van der Waals surface area contributed by atoms with Crippen molar-refractivity contribution in [2.24, 2.45) is 0 Å². The molecule has 0 nitrogen and oxygen atoms in total. The van der Waals surface area contributed by atoms with Crippen molar-refractivity contribution in [3.63, 3.8) is 0 Å². The Bertz CT molecular complexity index is 24.8. The van der Waals surface area contributed by atoms with Crippen LogP contribution in [0.4, 0.5) is 0 Å². The van der Waals surface area contributed by atoms with Gasteiger partial charge in [-0.25, -0.2) is 0 Å². The molecule has 0 saturated carbocycles. The van der Waals surface area contributed by atoms with Crippen LogP contribution >= 0.6 is 11.6 Å². The van der Waals surface area contributed by atoms with E-state index in [-0.39, 0.29) is 51.2 Å². The molecule has 0 spiro atoms. The normalized spacial score (nSPS) is 4.17. The topological polar surface area (TPSA) is 0 Å². The molecule has 0 aromatic rings. The zero-order valence-corrected chi connectivity index (χ0v) is 14.1. The Morgan fingerprint density at radius 2 is 1.83 bits per heavy atom. The number of hydrogen-bond donors (Lipinski definition) is 0. The maximum absolute atomic E-state index is 5.07. The molecule has 0 aliphatic heterocycles. The van der Waals surface area contributed by atoms with Crippen molar-refractivity contribution in [3.8, 4) is 0 Å². The van der Waals surface area contributed by atoms with Crippen LogP contribution in [0.3, 0.4) is 0 Å². The third-order valence-corrected chi connectivity index (χ3v) is 0.327. The molecule has 6 heavy (non-hydrogen) atoms. The molecule has 0 amide bonds. The molecular weight excluding hydrogens is 397 g/mol. The summed E-state index contributed by atoms with van der Waals surface area (Å²) in [5.74, 6) is 0.556. The minimum absolute atomic E-state index is 0. The van der Waals surface area contributed by atoms with E-state index in [2.05, 4.69) is 6.58 Å². The van der Waals surface area contributed by atoms with Crippen LogP contribution in [0.2, 0.25) is 0 Å². The van der Waals surface area contributed by atoms with Gasteiger partial charge in [-0.15, -0.1) is 18.2 Å². The summed E-state index contributed by atoms with van der Waals surface area (Å²) in [6.45, 7) is 3.35. The van der Waals surface area contributed by atoms with Gasteiger partial charge in [-0.2, -0.15) is 0 Å². The molecule has 0 aliphatic carbocycles. The van der Waals surface area contributed by atoms with E-state index in [1.54, 1.807) is 6.08 Å². The zero-order valence-electron chi connectivity index (χ0n) is 3.78. The molecule has 36 valence electrons. The van der Waals surface area contributed by atoms with Gasteiger partial charge in [0.1, 0.15) is 0 Å². The molecule has 0 N–H and O–H groups in total. The average molecular weight is 406 g/mol. The second-order valence-electron chi connectivity index (χ2n) is 0.443. The van der Waals surface area contributed by atoms with E-state index in [4.69, 9.17) is 11.6 Å². The first-order valence-electron chi connectivity index (χ1n) is 1.08. The number of hydrogen-bond acceptors (Lipinski definition) is 0. The predicted octanol–water partition coefficient (Wildman–Crippen LogP) is -0.421. The van der Waals surface area contributed by atoms with Crippen molar-refractivity contribution in [1.82, 2.24) is 0 Å². The number of allylic oxidation sites excluding steroid dienone is 1. The van der Waals surface area contributed by atoms with Gasteiger partial charge in [-0.1, -0.05) is 6.08 Å². The number of alkyl halides is 1. The van der Waals surface area contributed by atoms with Gasteiger partial charge in [0.2, 0.25) is 0 Å².